The van der Waals surface area contributed by atoms with E-state index in [0.29, 0.717) is 12.4 Å². The third kappa shape index (κ3) is 0.695. The van der Waals surface area contributed by atoms with Crippen molar-refractivity contribution in [1.29, 1.82) is 0 Å². The molecule has 0 saturated carbocycles. The summed E-state index contributed by atoms with van der Waals surface area (Å²) in [5.74, 6) is 0.709. The molecule has 2 rings (SSSR count). The van der Waals surface area contributed by atoms with Crippen LogP contribution < -0.4 is 4.89 Å². The lowest BCUT2D eigenvalue weighted by Gasteiger charge is -2.08. The van der Waals surface area contributed by atoms with E-state index in [4.69, 9.17) is 14.2 Å². The van der Waals surface area contributed by atoms with Crippen molar-refractivity contribution in [2.75, 3.05) is 6.61 Å². The van der Waals surface area contributed by atoms with Gasteiger partial charge in [-0.15, -0.1) is 0 Å². The first-order valence-electron chi connectivity index (χ1n) is 2.81. The Morgan fingerprint density at radius 3 is 3.22 bits per heavy atom. The molecule has 3 heteroatoms. The van der Waals surface area contributed by atoms with Gasteiger partial charge in [0.2, 0.25) is 5.75 Å². The Morgan fingerprint density at radius 2 is 2.33 bits per heavy atom. The zero-order chi connectivity index (χ0) is 6.10. The fraction of sp³-hybridized carbons (Fsp3) is 0.333. The molecule has 1 aromatic heterocycles. The zero-order valence-electron chi connectivity index (χ0n) is 4.79. The highest BCUT2D eigenvalue weighted by Crippen LogP contribution is 2.23. The van der Waals surface area contributed by atoms with Gasteiger partial charge in [0, 0.05) is 12.0 Å². The Kier molecular flexibility index (Phi) is 0.960. The second kappa shape index (κ2) is 1.77. The summed E-state index contributed by atoms with van der Waals surface area (Å²) < 4.78 is 4.86. The Labute approximate surface area is 52.1 Å². The molecule has 0 bridgehead atoms. The minimum atomic E-state index is 0.618. The van der Waals surface area contributed by atoms with Gasteiger partial charge in [-0.1, -0.05) is 0 Å². The molecule has 9 heavy (non-hydrogen) atoms. The standard InChI is InChI=1S/C6H6O3/c1-2-8-9-6-4-7-3-5(1)6/h3-4H,1-2H2. The van der Waals surface area contributed by atoms with Crippen LogP contribution in [0.1, 0.15) is 5.56 Å². The average Bonchev–Trinajstić information content (AvgIpc) is 2.33. The molecule has 48 valence electrons. The predicted octanol–water partition coefficient (Wildman–Crippen LogP) is 1.15. The number of hydrogen-bond acceptors (Lipinski definition) is 3. The van der Waals surface area contributed by atoms with Crippen LogP contribution in [0.3, 0.4) is 0 Å². The van der Waals surface area contributed by atoms with Gasteiger partial charge < -0.3 is 9.30 Å². The molecule has 0 unspecified atom stereocenters. The molecule has 2 heterocycles. The van der Waals surface area contributed by atoms with Gasteiger partial charge in [-0.3, -0.25) is 0 Å². The molecule has 1 aliphatic heterocycles. The molecule has 0 radical (unpaired) electrons. The van der Waals surface area contributed by atoms with Crippen LogP contribution >= 0.6 is 0 Å². The van der Waals surface area contributed by atoms with Crippen LogP contribution in [0.2, 0.25) is 0 Å². The minimum Gasteiger partial charge on any atom is -0.468 e. The number of rotatable bonds is 0. The van der Waals surface area contributed by atoms with Crippen molar-refractivity contribution in [1.82, 2.24) is 0 Å². The van der Waals surface area contributed by atoms with Crippen molar-refractivity contribution in [3.63, 3.8) is 0 Å². The smallest absolute Gasteiger partial charge is 0.206 e. The van der Waals surface area contributed by atoms with E-state index in [2.05, 4.69) is 0 Å². The highest BCUT2D eigenvalue weighted by molar-refractivity contribution is 5.28. The summed E-state index contributed by atoms with van der Waals surface area (Å²) in [4.78, 5) is 9.46. The molecule has 0 saturated heterocycles. The Bertz CT molecular complexity index is 183. The molecule has 1 aliphatic rings. The molecule has 0 aliphatic carbocycles. The molecule has 1 aromatic rings. The van der Waals surface area contributed by atoms with E-state index < -0.39 is 0 Å². The fourth-order valence-corrected chi connectivity index (χ4v) is 0.824. The predicted molar refractivity (Wildman–Crippen MR) is 29.0 cm³/mol. The van der Waals surface area contributed by atoms with Crippen molar-refractivity contribution in [3.05, 3.63) is 18.1 Å². The molecular formula is C6H6O3. The molecule has 0 N–H and O–H groups in total. The van der Waals surface area contributed by atoms with Gasteiger partial charge in [-0.05, 0) is 0 Å². The molecule has 3 nitrogen and oxygen atoms in total. The summed E-state index contributed by atoms with van der Waals surface area (Å²) in [6, 6.07) is 0. The Morgan fingerprint density at radius 1 is 1.33 bits per heavy atom. The normalized spacial score (nSPS) is 16.4. The highest BCUT2D eigenvalue weighted by atomic mass is 17.2. The average molecular weight is 126 g/mol. The monoisotopic (exact) mass is 126 g/mol. The quantitative estimate of drug-likeness (QED) is 0.488. The van der Waals surface area contributed by atoms with Gasteiger partial charge in [0.15, 0.2) is 0 Å². The van der Waals surface area contributed by atoms with Crippen LogP contribution in [-0.4, -0.2) is 6.61 Å². The van der Waals surface area contributed by atoms with E-state index in [9.17, 15) is 0 Å². The summed E-state index contributed by atoms with van der Waals surface area (Å²) in [5, 5.41) is 0. The second-order valence-corrected chi connectivity index (χ2v) is 1.92. The van der Waals surface area contributed by atoms with E-state index in [0.717, 1.165) is 12.0 Å². The van der Waals surface area contributed by atoms with Crippen molar-refractivity contribution < 1.29 is 14.2 Å². The summed E-state index contributed by atoms with van der Waals surface area (Å²) >= 11 is 0. The second-order valence-electron chi connectivity index (χ2n) is 1.92. The summed E-state index contributed by atoms with van der Waals surface area (Å²) in [6.45, 7) is 0.618. The molecule has 0 fully saturated rings. The molecule has 0 spiro atoms. The first-order chi connectivity index (χ1) is 4.47. The molecular weight excluding hydrogens is 120 g/mol. The van der Waals surface area contributed by atoms with Gasteiger partial charge in [-0.2, -0.15) is 4.89 Å². The maximum absolute atomic E-state index is 4.86. The van der Waals surface area contributed by atoms with Crippen LogP contribution in [-0.2, 0) is 11.3 Å². The maximum Gasteiger partial charge on any atom is 0.206 e. The van der Waals surface area contributed by atoms with Crippen molar-refractivity contribution in [2.24, 2.45) is 0 Å². The van der Waals surface area contributed by atoms with Crippen LogP contribution in [0.15, 0.2) is 16.9 Å². The largest absolute Gasteiger partial charge is 0.468 e. The Balaban J connectivity index is 2.39. The lowest BCUT2D eigenvalue weighted by molar-refractivity contribution is -0.215. The van der Waals surface area contributed by atoms with Crippen molar-refractivity contribution in [3.8, 4) is 5.75 Å². The number of fused-ring (bicyclic) bond motifs is 1. The third-order valence-electron chi connectivity index (χ3n) is 1.31. The lowest BCUT2D eigenvalue weighted by atomic mass is 10.2. The van der Waals surface area contributed by atoms with Gasteiger partial charge in [-0.25, -0.2) is 0 Å². The van der Waals surface area contributed by atoms with Crippen LogP contribution in [0.5, 0.6) is 5.75 Å². The van der Waals surface area contributed by atoms with E-state index in [1.165, 1.54) is 6.26 Å². The van der Waals surface area contributed by atoms with Crippen LogP contribution in [0, 0.1) is 0 Å². The van der Waals surface area contributed by atoms with Gasteiger partial charge in [0.05, 0.1) is 12.9 Å². The van der Waals surface area contributed by atoms with Gasteiger partial charge in [0.25, 0.3) is 0 Å². The SMILES string of the molecule is c1occ2c1CCOO2. The number of furan rings is 1. The zero-order valence-corrected chi connectivity index (χ0v) is 4.79. The van der Waals surface area contributed by atoms with E-state index in [1.54, 1.807) is 6.26 Å². The maximum atomic E-state index is 4.86. The van der Waals surface area contributed by atoms with Crippen molar-refractivity contribution in [2.45, 2.75) is 6.42 Å². The molecule has 0 atom stereocenters. The molecule has 0 amide bonds. The van der Waals surface area contributed by atoms with Crippen molar-refractivity contribution >= 4 is 0 Å². The first-order valence-corrected chi connectivity index (χ1v) is 2.81. The van der Waals surface area contributed by atoms with E-state index >= 15 is 0 Å². The number of hydrogen-bond donors (Lipinski definition) is 0. The van der Waals surface area contributed by atoms with E-state index in [-0.39, 0.29) is 0 Å². The van der Waals surface area contributed by atoms with Crippen LogP contribution in [0.25, 0.3) is 0 Å². The fourth-order valence-electron chi connectivity index (χ4n) is 0.824. The highest BCUT2D eigenvalue weighted by Gasteiger charge is 2.12. The summed E-state index contributed by atoms with van der Waals surface area (Å²) in [7, 11) is 0. The Hall–Kier alpha value is -0.960. The lowest BCUT2D eigenvalue weighted by Crippen LogP contribution is -2.08. The van der Waals surface area contributed by atoms with Gasteiger partial charge in [0.1, 0.15) is 6.26 Å². The summed E-state index contributed by atoms with van der Waals surface area (Å²) in [5.41, 5.74) is 1.08. The topological polar surface area (TPSA) is 31.6 Å². The third-order valence-corrected chi connectivity index (χ3v) is 1.31. The minimum absolute atomic E-state index is 0.618. The molecule has 0 aromatic carbocycles. The van der Waals surface area contributed by atoms with Gasteiger partial charge >= 0.3 is 0 Å². The first kappa shape index (κ1) is 4.88. The van der Waals surface area contributed by atoms with Crippen LogP contribution in [0.4, 0.5) is 0 Å². The van der Waals surface area contributed by atoms with E-state index in [1.807, 2.05) is 0 Å². The summed E-state index contributed by atoms with van der Waals surface area (Å²) in [6.07, 6.45) is 4.10.